The van der Waals surface area contributed by atoms with Crippen LogP contribution in [0, 0.1) is 5.92 Å². The summed E-state index contributed by atoms with van der Waals surface area (Å²) in [4.78, 5) is 41.1. The van der Waals surface area contributed by atoms with Gasteiger partial charge in [-0.2, -0.15) is 0 Å². The molecule has 1 aromatic carbocycles. The Labute approximate surface area is 168 Å². The van der Waals surface area contributed by atoms with Gasteiger partial charge < -0.3 is 15.5 Å². The SMILES string of the molecule is NC(=O)CCN(Cc1ccccc1)C(=O)C1CCN(C(=O)c2cccs2)CC1. The van der Waals surface area contributed by atoms with E-state index in [0.717, 1.165) is 10.4 Å². The zero-order valence-electron chi connectivity index (χ0n) is 15.8. The normalized spacial score (nSPS) is 14.6. The van der Waals surface area contributed by atoms with Gasteiger partial charge in [-0.15, -0.1) is 11.3 Å². The number of benzene rings is 1. The van der Waals surface area contributed by atoms with Gasteiger partial charge in [-0.25, -0.2) is 0 Å². The Bertz CT molecular complexity index is 800. The second-order valence-corrected chi connectivity index (χ2v) is 7.95. The minimum absolute atomic E-state index is 0.0355. The Hall–Kier alpha value is -2.67. The highest BCUT2D eigenvalue weighted by atomic mass is 32.1. The van der Waals surface area contributed by atoms with Crippen LogP contribution in [0.3, 0.4) is 0 Å². The first-order valence-corrected chi connectivity index (χ1v) is 10.4. The van der Waals surface area contributed by atoms with Crippen molar-refractivity contribution in [1.29, 1.82) is 0 Å². The fourth-order valence-corrected chi connectivity index (χ4v) is 4.15. The molecule has 3 rings (SSSR count). The Morgan fingerprint density at radius 2 is 1.79 bits per heavy atom. The highest BCUT2D eigenvalue weighted by Gasteiger charge is 2.31. The fraction of sp³-hybridized carbons (Fsp3) is 0.381. The van der Waals surface area contributed by atoms with Gasteiger partial charge in [-0.3, -0.25) is 14.4 Å². The maximum absolute atomic E-state index is 13.1. The molecule has 1 aliphatic rings. The molecule has 1 saturated heterocycles. The summed E-state index contributed by atoms with van der Waals surface area (Å²) < 4.78 is 0. The van der Waals surface area contributed by atoms with E-state index in [1.807, 2.05) is 52.7 Å². The third-order valence-electron chi connectivity index (χ3n) is 5.02. The zero-order valence-corrected chi connectivity index (χ0v) is 16.6. The lowest BCUT2D eigenvalue weighted by Crippen LogP contribution is -2.44. The third-order valence-corrected chi connectivity index (χ3v) is 5.88. The Morgan fingerprint density at radius 3 is 2.39 bits per heavy atom. The van der Waals surface area contributed by atoms with E-state index < -0.39 is 5.91 Å². The number of carbonyl (C=O) groups is 3. The van der Waals surface area contributed by atoms with E-state index >= 15 is 0 Å². The molecule has 0 saturated carbocycles. The van der Waals surface area contributed by atoms with Crippen LogP contribution < -0.4 is 5.73 Å². The first kappa shape index (κ1) is 20.1. The number of nitrogens with zero attached hydrogens (tertiary/aromatic N) is 2. The first-order chi connectivity index (χ1) is 13.5. The molecule has 148 valence electrons. The van der Waals surface area contributed by atoms with Gasteiger partial charge in [0.15, 0.2) is 0 Å². The lowest BCUT2D eigenvalue weighted by Gasteiger charge is -2.34. The monoisotopic (exact) mass is 399 g/mol. The average Bonchev–Trinajstić information content (AvgIpc) is 3.25. The number of primary amides is 1. The molecule has 1 fully saturated rings. The summed E-state index contributed by atoms with van der Waals surface area (Å²) in [5.41, 5.74) is 6.31. The lowest BCUT2D eigenvalue weighted by atomic mass is 9.94. The molecule has 6 nitrogen and oxygen atoms in total. The topological polar surface area (TPSA) is 83.7 Å². The predicted molar refractivity (Wildman–Crippen MR) is 109 cm³/mol. The lowest BCUT2D eigenvalue weighted by molar-refractivity contribution is -0.138. The average molecular weight is 400 g/mol. The van der Waals surface area contributed by atoms with Crippen molar-refractivity contribution in [2.75, 3.05) is 19.6 Å². The van der Waals surface area contributed by atoms with Gasteiger partial charge in [0.05, 0.1) is 4.88 Å². The van der Waals surface area contributed by atoms with E-state index in [4.69, 9.17) is 5.73 Å². The number of carbonyl (C=O) groups excluding carboxylic acids is 3. The van der Waals surface area contributed by atoms with Gasteiger partial charge >= 0.3 is 0 Å². The maximum atomic E-state index is 13.1. The summed E-state index contributed by atoms with van der Waals surface area (Å²) in [6.45, 7) is 1.92. The van der Waals surface area contributed by atoms with Crippen molar-refractivity contribution in [2.24, 2.45) is 11.7 Å². The molecule has 28 heavy (non-hydrogen) atoms. The summed E-state index contributed by atoms with van der Waals surface area (Å²) in [6, 6.07) is 13.4. The number of rotatable bonds is 7. The van der Waals surface area contributed by atoms with E-state index in [2.05, 4.69) is 0 Å². The molecule has 0 aliphatic carbocycles. The summed E-state index contributed by atoms with van der Waals surface area (Å²) in [6.07, 6.45) is 1.42. The largest absolute Gasteiger partial charge is 0.370 e. The Morgan fingerprint density at radius 1 is 1.07 bits per heavy atom. The van der Waals surface area contributed by atoms with Gasteiger partial charge in [0.25, 0.3) is 5.91 Å². The molecule has 3 amide bonds. The molecule has 2 N–H and O–H groups in total. The van der Waals surface area contributed by atoms with Crippen LogP contribution in [0.4, 0.5) is 0 Å². The number of likely N-dealkylation sites (tertiary alicyclic amines) is 1. The standard InChI is InChI=1S/C21H25N3O3S/c22-19(25)10-13-24(15-16-5-2-1-3-6-16)20(26)17-8-11-23(12-9-17)21(27)18-7-4-14-28-18/h1-7,14,17H,8-13,15H2,(H2,22,25). The summed E-state index contributed by atoms with van der Waals surface area (Å²) in [5.74, 6) is -0.477. The molecule has 7 heteroatoms. The van der Waals surface area contributed by atoms with Crippen molar-refractivity contribution in [3.63, 3.8) is 0 Å². The van der Waals surface area contributed by atoms with Crippen LogP contribution >= 0.6 is 11.3 Å². The zero-order chi connectivity index (χ0) is 19.9. The number of piperidine rings is 1. The first-order valence-electron chi connectivity index (χ1n) is 9.48. The molecule has 1 aliphatic heterocycles. The molecule has 0 bridgehead atoms. The number of hydrogen-bond donors (Lipinski definition) is 1. The summed E-state index contributed by atoms with van der Waals surface area (Å²) in [5, 5.41) is 1.89. The maximum Gasteiger partial charge on any atom is 0.263 e. The number of hydrogen-bond acceptors (Lipinski definition) is 4. The predicted octanol–water partition coefficient (Wildman–Crippen LogP) is 2.50. The van der Waals surface area contributed by atoms with Gasteiger partial charge in [-0.1, -0.05) is 36.4 Å². The van der Waals surface area contributed by atoms with Crippen LogP contribution in [0.25, 0.3) is 0 Å². The number of thiophene rings is 1. The minimum atomic E-state index is -0.415. The second kappa shape index (κ2) is 9.50. The molecule has 1 aromatic heterocycles. The van der Waals surface area contributed by atoms with Gasteiger partial charge in [0.1, 0.15) is 0 Å². The van der Waals surface area contributed by atoms with E-state index in [1.165, 1.54) is 11.3 Å². The van der Waals surface area contributed by atoms with Gasteiger partial charge in [0.2, 0.25) is 11.8 Å². The number of amides is 3. The van der Waals surface area contributed by atoms with Crippen molar-refractivity contribution in [1.82, 2.24) is 9.80 Å². The van der Waals surface area contributed by atoms with Crippen LogP contribution in [-0.2, 0) is 16.1 Å². The Kier molecular flexibility index (Phi) is 6.81. The third kappa shape index (κ3) is 5.19. The summed E-state index contributed by atoms with van der Waals surface area (Å²) >= 11 is 1.44. The van der Waals surface area contributed by atoms with Crippen molar-refractivity contribution < 1.29 is 14.4 Å². The molecule has 0 spiro atoms. The van der Waals surface area contributed by atoms with Crippen LogP contribution in [-0.4, -0.2) is 47.2 Å². The second-order valence-electron chi connectivity index (χ2n) is 7.01. The van der Waals surface area contributed by atoms with Crippen LogP contribution in [0.5, 0.6) is 0 Å². The fourth-order valence-electron chi connectivity index (χ4n) is 3.46. The van der Waals surface area contributed by atoms with E-state index in [1.54, 1.807) is 4.90 Å². The van der Waals surface area contributed by atoms with Gasteiger partial charge in [0, 0.05) is 38.5 Å². The molecule has 0 unspecified atom stereocenters. The quantitative estimate of drug-likeness (QED) is 0.776. The molecular formula is C21H25N3O3S. The van der Waals surface area contributed by atoms with Crippen molar-refractivity contribution in [3.05, 3.63) is 58.3 Å². The molecular weight excluding hydrogens is 374 g/mol. The van der Waals surface area contributed by atoms with Crippen LogP contribution in [0.1, 0.15) is 34.5 Å². The highest BCUT2D eigenvalue weighted by Crippen LogP contribution is 2.23. The number of nitrogens with two attached hydrogens (primary N) is 1. The molecule has 2 aromatic rings. The van der Waals surface area contributed by atoms with Crippen molar-refractivity contribution >= 4 is 29.1 Å². The highest BCUT2D eigenvalue weighted by molar-refractivity contribution is 7.12. The van der Waals surface area contributed by atoms with E-state index in [9.17, 15) is 14.4 Å². The smallest absolute Gasteiger partial charge is 0.263 e. The minimum Gasteiger partial charge on any atom is -0.370 e. The van der Waals surface area contributed by atoms with Crippen molar-refractivity contribution in [3.8, 4) is 0 Å². The van der Waals surface area contributed by atoms with Gasteiger partial charge in [-0.05, 0) is 29.9 Å². The van der Waals surface area contributed by atoms with E-state index in [0.29, 0.717) is 39.0 Å². The van der Waals surface area contributed by atoms with Crippen LogP contribution in [0.2, 0.25) is 0 Å². The Balaban J connectivity index is 1.61. The summed E-state index contributed by atoms with van der Waals surface area (Å²) in [7, 11) is 0. The van der Waals surface area contributed by atoms with Crippen molar-refractivity contribution in [2.45, 2.75) is 25.8 Å². The molecule has 2 heterocycles. The van der Waals surface area contributed by atoms with Crippen LogP contribution in [0.15, 0.2) is 47.8 Å². The molecule has 0 atom stereocenters. The molecule has 0 radical (unpaired) electrons. The van der Waals surface area contributed by atoms with E-state index in [-0.39, 0.29) is 24.2 Å².